The van der Waals surface area contributed by atoms with Crippen LogP contribution in [0.2, 0.25) is 0 Å². The van der Waals surface area contributed by atoms with Crippen molar-refractivity contribution in [1.82, 2.24) is 0 Å². The third-order valence-corrected chi connectivity index (χ3v) is 5.46. The molecule has 0 heterocycles. The number of fused-ring (bicyclic) bond motifs is 1. The predicted molar refractivity (Wildman–Crippen MR) is 85.6 cm³/mol. The van der Waals surface area contributed by atoms with Gasteiger partial charge in [-0.3, -0.25) is 4.79 Å². The first-order chi connectivity index (χ1) is 9.40. The predicted octanol–water partition coefficient (Wildman–Crippen LogP) is 5.40. The van der Waals surface area contributed by atoms with Gasteiger partial charge < -0.3 is 0 Å². The molecule has 1 nitrogen and oxygen atoms in total. The van der Waals surface area contributed by atoms with E-state index in [0.29, 0.717) is 23.5 Å². The van der Waals surface area contributed by atoms with Gasteiger partial charge in [-0.1, -0.05) is 40.2 Å². The van der Waals surface area contributed by atoms with Crippen LogP contribution in [-0.2, 0) is 4.79 Å². The molecule has 20 heavy (non-hydrogen) atoms. The van der Waals surface area contributed by atoms with Crippen LogP contribution in [0.5, 0.6) is 0 Å². The molecule has 2 rings (SSSR count). The van der Waals surface area contributed by atoms with E-state index in [9.17, 15) is 4.79 Å². The van der Waals surface area contributed by atoms with Crippen molar-refractivity contribution in [2.45, 2.75) is 73.1 Å². The number of hydrogen-bond acceptors (Lipinski definition) is 1. The van der Waals surface area contributed by atoms with Gasteiger partial charge in [0.25, 0.3) is 0 Å². The van der Waals surface area contributed by atoms with Gasteiger partial charge in [0.1, 0.15) is 0 Å². The number of hydrogen-bond donors (Lipinski definition) is 0. The molecule has 114 valence electrons. The van der Waals surface area contributed by atoms with Crippen molar-refractivity contribution in [1.29, 1.82) is 0 Å². The second-order valence-electron chi connectivity index (χ2n) is 7.93. The molecule has 0 amide bonds. The highest BCUT2D eigenvalue weighted by atomic mass is 16.1. The summed E-state index contributed by atoms with van der Waals surface area (Å²) in [5, 5.41) is 0. The molecule has 0 spiro atoms. The van der Waals surface area contributed by atoms with Gasteiger partial charge in [0, 0.05) is 6.42 Å². The summed E-state index contributed by atoms with van der Waals surface area (Å²) < 4.78 is 0. The van der Waals surface area contributed by atoms with Crippen LogP contribution in [0.1, 0.15) is 73.1 Å². The maximum Gasteiger partial charge on any atom is 0.158 e. The van der Waals surface area contributed by atoms with Crippen molar-refractivity contribution in [3.8, 4) is 0 Å². The molecule has 2 aliphatic rings. The van der Waals surface area contributed by atoms with Crippen LogP contribution in [-0.4, -0.2) is 5.78 Å². The number of carbonyl (C=O) groups excluding carboxylic acids is 1. The van der Waals surface area contributed by atoms with E-state index >= 15 is 0 Å². The van der Waals surface area contributed by atoms with Gasteiger partial charge in [0.05, 0.1) is 0 Å². The van der Waals surface area contributed by atoms with Crippen LogP contribution in [0.25, 0.3) is 0 Å². The van der Waals surface area contributed by atoms with Gasteiger partial charge in [-0.25, -0.2) is 0 Å². The molecule has 2 aliphatic carbocycles. The van der Waals surface area contributed by atoms with Crippen molar-refractivity contribution in [2.24, 2.45) is 29.6 Å². The van der Waals surface area contributed by atoms with Crippen LogP contribution in [0.15, 0.2) is 11.1 Å². The van der Waals surface area contributed by atoms with Crippen molar-refractivity contribution in [3.63, 3.8) is 0 Å². The fourth-order valence-corrected chi connectivity index (χ4v) is 3.57. The van der Waals surface area contributed by atoms with E-state index in [-0.39, 0.29) is 0 Å². The van der Waals surface area contributed by atoms with Gasteiger partial charge in [0.15, 0.2) is 5.78 Å². The second-order valence-corrected chi connectivity index (χ2v) is 7.93. The molecule has 0 saturated heterocycles. The normalized spacial score (nSPS) is 28.8. The molecular formula is C19H32O. The Labute approximate surface area is 125 Å². The summed E-state index contributed by atoms with van der Waals surface area (Å²) in [7, 11) is 0. The van der Waals surface area contributed by atoms with Crippen molar-refractivity contribution in [3.05, 3.63) is 11.1 Å². The second kappa shape index (κ2) is 6.45. The average molecular weight is 276 g/mol. The van der Waals surface area contributed by atoms with E-state index in [1.54, 1.807) is 5.57 Å². The van der Waals surface area contributed by atoms with Crippen LogP contribution >= 0.6 is 0 Å². The Morgan fingerprint density at radius 2 is 1.90 bits per heavy atom. The largest absolute Gasteiger partial charge is 0.295 e. The third kappa shape index (κ3) is 3.74. The first-order valence-electron chi connectivity index (χ1n) is 8.65. The van der Waals surface area contributed by atoms with Gasteiger partial charge in [-0.2, -0.15) is 0 Å². The zero-order valence-corrected chi connectivity index (χ0v) is 14.0. The lowest BCUT2D eigenvalue weighted by Gasteiger charge is -2.17. The fourth-order valence-electron chi connectivity index (χ4n) is 3.57. The van der Waals surface area contributed by atoms with E-state index in [1.807, 2.05) is 0 Å². The Balaban J connectivity index is 2.02. The van der Waals surface area contributed by atoms with E-state index in [2.05, 4.69) is 34.6 Å². The summed E-state index contributed by atoms with van der Waals surface area (Å²) >= 11 is 0. The summed E-state index contributed by atoms with van der Waals surface area (Å²) in [6.07, 6.45) is 6.75. The lowest BCUT2D eigenvalue weighted by Crippen LogP contribution is -2.12. The Morgan fingerprint density at radius 3 is 2.35 bits per heavy atom. The topological polar surface area (TPSA) is 17.1 Å². The Hall–Kier alpha value is -0.590. The Morgan fingerprint density at radius 1 is 1.20 bits per heavy atom. The third-order valence-electron chi connectivity index (χ3n) is 5.46. The summed E-state index contributed by atoms with van der Waals surface area (Å²) in [6.45, 7) is 11.3. The molecule has 3 unspecified atom stereocenters. The summed E-state index contributed by atoms with van der Waals surface area (Å²) in [4.78, 5) is 12.7. The lowest BCUT2D eigenvalue weighted by molar-refractivity contribution is -0.116. The van der Waals surface area contributed by atoms with Gasteiger partial charge in [-0.05, 0) is 67.3 Å². The summed E-state index contributed by atoms with van der Waals surface area (Å²) in [5.74, 6) is 4.14. The first-order valence-corrected chi connectivity index (χ1v) is 8.65. The molecule has 3 atom stereocenters. The van der Waals surface area contributed by atoms with Crippen LogP contribution in [0, 0.1) is 29.6 Å². The fraction of sp³-hybridized carbons (Fsp3) is 0.842. The monoisotopic (exact) mass is 276 g/mol. The molecule has 0 bridgehead atoms. The minimum absolute atomic E-state index is 0.466. The molecule has 0 aromatic carbocycles. The number of allylic oxidation sites excluding steroid dienone is 2. The molecule has 2 saturated carbocycles. The molecule has 1 heteroatoms. The van der Waals surface area contributed by atoms with E-state index < -0.39 is 0 Å². The van der Waals surface area contributed by atoms with E-state index in [1.165, 1.54) is 24.8 Å². The number of Topliss-reactive ketones (excluding diaryl/α,β-unsaturated/α-hetero) is 1. The first kappa shape index (κ1) is 15.8. The highest BCUT2D eigenvalue weighted by Crippen LogP contribution is 2.56. The minimum atomic E-state index is 0.466. The van der Waals surface area contributed by atoms with Crippen molar-refractivity contribution < 1.29 is 4.79 Å². The maximum absolute atomic E-state index is 12.7. The smallest absolute Gasteiger partial charge is 0.158 e. The summed E-state index contributed by atoms with van der Waals surface area (Å²) in [6, 6.07) is 0. The Kier molecular flexibility index (Phi) is 5.09. The van der Waals surface area contributed by atoms with E-state index in [4.69, 9.17) is 0 Å². The quantitative estimate of drug-likeness (QED) is 0.569. The lowest BCUT2D eigenvalue weighted by atomic mass is 9.87. The molecule has 0 aromatic rings. The van der Waals surface area contributed by atoms with Crippen LogP contribution in [0.3, 0.4) is 0 Å². The number of carbonyl (C=O) groups is 1. The molecule has 0 radical (unpaired) electrons. The van der Waals surface area contributed by atoms with Gasteiger partial charge in [0.2, 0.25) is 0 Å². The van der Waals surface area contributed by atoms with E-state index in [0.717, 1.165) is 31.1 Å². The highest BCUT2D eigenvalue weighted by Gasteiger charge is 2.46. The SMILES string of the molecule is CC(C)CC(C(=O)CCC(C)C(C)C)=C1CCC2CC12. The number of rotatable bonds is 7. The molecule has 0 aromatic heterocycles. The van der Waals surface area contributed by atoms with Gasteiger partial charge >= 0.3 is 0 Å². The van der Waals surface area contributed by atoms with Crippen molar-refractivity contribution in [2.75, 3.05) is 0 Å². The zero-order chi connectivity index (χ0) is 14.9. The van der Waals surface area contributed by atoms with Crippen LogP contribution in [0.4, 0.5) is 0 Å². The molecule has 0 aliphatic heterocycles. The molecule has 2 fully saturated rings. The zero-order valence-electron chi connectivity index (χ0n) is 14.0. The standard InChI is InChI=1S/C19H32O/c1-12(2)10-18(16-8-7-15-11-17(15)16)19(20)9-6-14(5)13(3)4/h12-15,17H,6-11H2,1-5H3. The maximum atomic E-state index is 12.7. The minimum Gasteiger partial charge on any atom is -0.295 e. The average Bonchev–Trinajstić information content (AvgIpc) is 3.04. The molecule has 0 N–H and O–H groups in total. The van der Waals surface area contributed by atoms with Crippen molar-refractivity contribution >= 4 is 5.78 Å². The van der Waals surface area contributed by atoms with Gasteiger partial charge in [-0.15, -0.1) is 0 Å². The number of ketones is 1. The highest BCUT2D eigenvalue weighted by molar-refractivity contribution is 5.96. The Bertz CT molecular complexity index is 389. The van der Waals surface area contributed by atoms with Crippen LogP contribution < -0.4 is 0 Å². The molecular weight excluding hydrogens is 244 g/mol. The summed E-state index contributed by atoms with van der Waals surface area (Å²) in [5.41, 5.74) is 2.80.